The monoisotopic (exact) mass is 362 g/mol. The number of benzene rings is 1. The molecule has 2 N–H and O–H groups in total. The Morgan fingerprint density at radius 1 is 0.923 bits per heavy atom. The van der Waals surface area contributed by atoms with Crippen molar-refractivity contribution >= 4 is 28.6 Å². The first kappa shape index (κ1) is 18.5. The molecule has 12 nitrogen and oxygen atoms in total. The van der Waals surface area contributed by atoms with Crippen molar-refractivity contribution in [3.63, 3.8) is 0 Å². The van der Waals surface area contributed by atoms with Gasteiger partial charge in [0.2, 0.25) is 0 Å². The van der Waals surface area contributed by atoms with Gasteiger partial charge in [-0.1, -0.05) is 0 Å². The van der Waals surface area contributed by atoms with Gasteiger partial charge < -0.3 is 10.6 Å². The van der Waals surface area contributed by atoms with Crippen LogP contribution >= 0.6 is 0 Å². The molecule has 1 aromatic carbocycles. The fourth-order valence-corrected chi connectivity index (χ4v) is 2.16. The summed E-state index contributed by atoms with van der Waals surface area (Å²) >= 11 is 0. The van der Waals surface area contributed by atoms with Gasteiger partial charge >= 0.3 is 0 Å². The van der Waals surface area contributed by atoms with Gasteiger partial charge in [-0.2, -0.15) is 0 Å². The number of pyridine rings is 1. The Morgan fingerprint density at radius 2 is 1.58 bits per heavy atom. The fraction of sp³-hybridized carbons (Fsp3) is 0.214. The van der Waals surface area contributed by atoms with Gasteiger partial charge in [-0.05, 0) is 19.1 Å². The number of nitrogens with zero attached hydrogens (tertiary/aromatic N) is 4. The molecule has 0 bridgehead atoms. The number of nitro benzene ring substituents is 2. The van der Waals surface area contributed by atoms with Crippen molar-refractivity contribution in [3.8, 4) is 0 Å². The van der Waals surface area contributed by atoms with Crippen molar-refractivity contribution in [3.05, 3.63) is 66.4 Å². The Kier molecular flexibility index (Phi) is 5.57. The number of hydrogen-bond donors (Lipinski definition) is 2. The second-order valence-corrected chi connectivity index (χ2v) is 5.18. The van der Waals surface area contributed by atoms with Crippen LogP contribution in [0.15, 0.2) is 30.5 Å². The van der Waals surface area contributed by atoms with Crippen molar-refractivity contribution in [2.75, 3.05) is 23.7 Å². The summed E-state index contributed by atoms with van der Waals surface area (Å²) in [6, 6.07) is 4.85. The lowest BCUT2D eigenvalue weighted by molar-refractivity contribution is -0.393. The van der Waals surface area contributed by atoms with Crippen LogP contribution in [0.5, 0.6) is 0 Å². The third-order valence-corrected chi connectivity index (χ3v) is 3.42. The summed E-state index contributed by atoms with van der Waals surface area (Å²) in [5.41, 5.74) is -0.258. The molecule has 0 fully saturated rings. The molecule has 0 spiro atoms. The van der Waals surface area contributed by atoms with E-state index in [1.807, 2.05) is 0 Å². The van der Waals surface area contributed by atoms with Crippen LogP contribution in [0.2, 0.25) is 0 Å². The van der Waals surface area contributed by atoms with Crippen LogP contribution in [0.25, 0.3) is 0 Å². The Hall–Kier alpha value is -3.83. The van der Waals surface area contributed by atoms with E-state index in [0.717, 1.165) is 12.3 Å². The van der Waals surface area contributed by atoms with Crippen LogP contribution in [-0.2, 0) is 0 Å². The number of nitrogens with one attached hydrogen (secondary N) is 2. The van der Waals surface area contributed by atoms with Crippen LogP contribution in [-0.4, -0.2) is 32.8 Å². The number of rotatable bonds is 8. The maximum absolute atomic E-state index is 11.0. The number of aromatic nitrogens is 1. The maximum atomic E-state index is 11.0. The van der Waals surface area contributed by atoms with Crippen LogP contribution in [0.3, 0.4) is 0 Å². The Morgan fingerprint density at radius 3 is 2.15 bits per heavy atom. The molecule has 0 aliphatic heterocycles. The average molecular weight is 362 g/mol. The van der Waals surface area contributed by atoms with Gasteiger partial charge in [-0.15, -0.1) is 0 Å². The third kappa shape index (κ3) is 4.37. The van der Waals surface area contributed by atoms with E-state index in [1.165, 1.54) is 18.2 Å². The molecule has 0 saturated carbocycles. The molecule has 0 aliphatic carbocycles. The number of aryl methyl sites for hydroxylation is 1. The van der Waals surface area contributed by atoms with E-state index < -0.39 is 20.5 Å². The minimum absolute atomic E-state index is 0.0878. The molecule has 0 unspecified atom stereocenters. The number of anilines is 2. The molecule has 0 aliphatic rings. The molecule has 12 heteroatoms. The Labute approximate surface area is 146 Å². The summed E-state index contributed by atoms with van der Waals surface area (Å²) in [6.45, 7) is 2.16. The summed E-state index contributed by atoms with van der Waals surface area (Å²) in [5, 5.41) is 38.2. The predicted octanol–water partition coefficient (Wildman–Crippen LogP) is 2.64. The molecular formula is C14H14N6O6. The molecule has 2 aromatic rings. The zero-order valence-electron chi connectivity index (χ0n) is 13.5. The molecule has 26 heavy (non-hydrogen) atoms. The number of non-ortho nitro benzene ring substituents is 1. The summed E-state index contributed by atoms with van der Waals surface area (Å²) < 4.78 is 0. The number of hydrogen-bond acceptors (Lipinski definition) is 9. The maximum Gasteiger partial charge on any atom is 0.299 e. The molecule has 0 atom stereocenters. The normalized spacial score (nSPS) is 10.2. The van der Waals surface area contributed by atoms with E-state index in [1.54, 1.807) is 6.92 Å². The summed E-state index contributed by atoms with van der Waals surface area (Å²) in [7, 11) is 0. The van der Waals surface area contributed by atoms with Crippen molar-refractivity contribution in [2.45, 2.75) is 6.92 Å². The van der Waals surface area contributed by atoms with Gasteiger partial charge in [0.1, 0.15) is 17.7 Å². The van der Waals surface area contributed by atoms with Crippen molar-refractivity contribution in [1.29, 1.82) is 0 Å². The van der Waals surface area contributed by atoms with Gasteiger partial charge in [-0.25, -0.2) is 4.98 Å². The van der Waals surface area contributed by atoms with Crippen molar-refractivity contribution in [2.24, 2.45) is 0 Å². The SMILES string of the molecule is Cc1cc(NCCNc2ccc([N+](=O)[O-])cc2[N+](=O)[O-])ncc1[N+](=O)[O-]. The van der Waals surface area contributed by atoms with Crippen LogP contribution in [0, 0.1) is 37.3 Å². The lowest BCUT2D eigenvalue weighted by Crippen LogP contribution is -2.15. The first-order valence-corrected chi connectivity index (χ1v) is 7.31. The van der Waals surface area contributed by atoms with E-state index in [9.17, 15) is 30.3 Å². The molecule has 2 rings (SSSR count). The molecule has 136 valence electrons. The van der Waals surface area contributed by atoms with Crippen LogP contribution < -0.4 is 10.6 Å². The first-order valence-electron chi connectivity index (χ1n) is 7.31. The fourth-order valence-electron chi connectivity index (χ4n) is 2.16. The zero-order valence-corrected chi connectivity index (χ0v) is 13.5. The van der Waals surface area contributed by atoms with Gasteiger partial charge in [0, 0.05) is 24.7 Å². The highest BCUT2D eigenvalue weighted by Gasteiger charge is 2.19. The minimum Gasteiger partial charge on any atom is -0.378 e. The van der Waals surface area contributed by atoms with E-state index >= 15 is 0 Å². The topological polar surface area (TPSA) is 166 Å². The molecule has 0 saturated heterocycles. The largest absolute Gasteiger partial charge is 0.378 e. The second-order valence-electron chi connectivity index (χ2n) is 5.18. The van der Waals surface area contributed by atoms with E-state index in [2.05, 4.69) is 15.6 Å². The molecule has 0 radical (unpaired) electrons. The van der Waals surface area contributed by atoms with Gasteiger partial charge in [0.05, 0.1) is 20.8 Å². The zero-order chi connectivity index (χ0) is 19.3. The lowest BCUT2D eigenvalue weighted by Gasteiger charge is -2.09. The first-order chi connectivity index (χ1) is 12.3. The summed E-state index contributed by atoms with van der Waals surface area (Å²) in [6.07, 6.45) is 1.15. The van der Waals surface area contributed by atoms with Gasteiger partial charge in [0.15, 0.2) is 0 Å². The highest BCUT2D eigenvalue weighted by Crippen LogP contribution is 2.28. The highest BCUT2D eigenvalue weighted by atomic mass is 16.6. The molecular weight excluding hydrogens is 348 g/mol. The predicted molar refractivity (Wildman–Crippen MR) is 92.4 cm³/mol. The highest BCUT2D eigenvalue weighted by molar-refractivity contribution is 5.65. The number of nitro groups is 3. The van der Waals surface area contributed by atoms with Crippen molar-refractivity contribution in [1.82, 2.24) is 4.98 Å². The van der Waals surface area contributed by atoms with E-state index in [-0.39, 0.29) is 23.6 Å². The van der Waals surface area contributed by atoms with Crippen LogP contribution in [0.1, 0.15) is 5.56 Å². The van der Waals surface area contributed by atoms with Crippen molar-refractivity contribution < 1.29 is 14.8 Å². The standard InChI is InChI=1S/C14H14N6O6/c1-9-6-14(17-8-13(9)20(25)26)16-5-4-15-11-3-2-10(18(21)22)7-12(11)19(23)24/h2-3,6-8,15H,4-5H2,1H3,(H,16,17). The van der Waals surface area contributed by atoms with Crippen LogP contribution in [0.4, 0.5) is 28.6 Å². The lowest BCUT2D eigenvalue weighted by atomic mass is 10.2. The van der Waals surface area contributed by atoms with E-state index in [4.69, 9.17) is 0 Å². The molecule has 0 amide bonds. The van der Waals surface area contributed by atoms with Gasteiger partial charge in [0.25, 0.3) is 17.1 Å². The van der Waals surface area contributed by atoms with E-state index in [0.29, 0.717) is 17.9 Å². The second kappa shape index (κ2) is 7.83. The minimum atomic E-state index is -0.707. The Balaban J connectivity index is 1.98. The average Bonchev–Trinajstić information content (AvgIpc) is 2.58. The smallest absolute Gasteiger partial charge is 0.299 e. The molecule has 1 aromatic heterocycles. The summed E-state index contributed by atoms with van der Waals surface area (Å²) in [5.74, 6) is 0.424. The Bertz CT molecular complexity index is 871. The third-order valence-electron chi connectivity index (χ3n) is 3.42. The quantitative estimate of drug-likeness (QED) is 0.407. The van der Waals surface area contributed by atoms with Gasteiger partial charge in [-0.3, -0.25) is 30.3 Å². The summed E-state index contributed by atoms with van der Waals surface area (Å²) in [4.78, 5) is 34.5. The molecule has 1 heterocycles.